The molecule has 0 atom stereocenters. The molecule has 0 heterocycles. The molecule has 0 amide bonds. The lowest BCUT2D eigenvalue weighted by Crippen LogP contribution is -1.80. The first-order valence-corrected chi connectivity index (χ1v) is 4.84. The molecule has 14 heavy (non-hydrogen) atoms. The molecule has 0 radical (unpaired) electrons. The predicted molar refractivity (Wildman–Crippen MR) is 64.3 cm³/mol. The van der Waals surface area contributed by atoms with Gasteiger partial charge in [0.1, 0.15) is 0 Å². The van der Waals surface area contributed by atoms with Crippen molar-refractivity contribution in [1.82, 2.24) is 0 Å². The fourth-order valence-corrected chi connectivity index (χ4v) is 0.641. The molecule has 0 aliphatic carbocycles. The summed E-state index contributed by atoms with van der Waals surface area (Å²) in [6, 6.07) is 0. The molecule has 0 aromatic heterocycles. The van der Waals surface area contributed by atoms with Crippen molar-refractivity contribution in [2.75, 3.05) is 0 Å². The molecule has 1 heteroatoms. The second-order valence-electron chi connectivity index (χ2n) is 2.33. The largest absolute Gasteiger partial charge is 0.295 e. The van der Waals surface area contributed by atoms with Crippen LogP contribution in [0.1, 0.15) is 27.7 Å². The van der Waals surface area contributed by atoms with E-state index in [0.717, 1.165) is 5.57 Å². The molecule has 0 fully saturated rings. The van der Waals surface area contributed by atoms with Gasteiger partial charge in [-0.15, -0.1) is 0 Å². The zero-order valence-corrected chi connectivity index (χ0v) is 9.58. The molecule has 1 nitrogen and oxygen atoms in total. The summed E-state index contributed by atoms with van der Waals surface area (Å²) in [5.74, 6) is 0.0568. The van der Waals surface area contributed by atoms with E-state index in [0.29, 0.717) is 0 Å². The van der Waals surface area contributed by atoms with Gasteiger partial charge >= 0.3 is 0 Å². The van der Waals surface area contributed by atoms with Crippen LogP contribution in [0, 0.1) is 0 Å². The summed E-state index contributed by atoms with van der Waals surface area (Å²) in [5.41, 5.74) is 1.00. The minimum absolute atomic E-state index is 0.0568. The van der Waals surface area contributed by atoms with Gasteiger partial charge in [0, 0.05) is 0 Å². The Morgan fingerprint density at radius 2 is 1.71 bits per heavy atom. The molecule has 0 saturated heterocycles. The summed E-state index contributed by atoms with van der Waals surface area (Å²) >= 11 is 0. The fraction of sp³-hybridized carbons (Fsp3) is 0.308. The number of hydrogen-bond donors (Lipinski definition) is 0. The van der Waals surface area contributed by atoms with Crippen molar-refractivity contribution >= 4 is 5.78 Å². The highest BCUT2D eigenvalue weighted by atomic mass is 16.1. The molecule has 0 aliphatic heterocycles. The first-order valence-electron chi connectivity index (χ1n) is 4.84. The maximum Gasteiger partial charge on any atom is 0.152 e. The number of carbonyl (C=O) groups excluding carboxylic acids is 1. The molecule has 0 rings (SSSR count). The van der Waals surface area contributed by atoms with Crippen LogP contribution in [0.15, 0.2) is 48.6 Å². The first-order chi connectivity index (χ1) is 6.70. The van der Waals surface area contributed by atoms with E-state index < -0.39 is 0 Å². The molecule has 0 aromatic carbocycles. The van der Waals surface area contributed by atoms with Crippen LogP contribution in [-0.2, 0) is 4.79 Å². The Morgan fingerprint density at radius 1 is 1.14 bits per heavy atom. The third-order valence-electron chi connectivity index (χ3n) is 1.27. The lowest BCUT2D eigenvalue weighted by Gasteiger charge is -1.88. The maximum atomic E-state index is 10.6. The molecule has 0 N–H and O–H groups in total. The van der Waals surface area contributed by atoms with Gasteiger partial charge in [0.2, 0.25) is 0 Å². The van der Waals surface area contributed by atoms with E-state index in [9.17, 15) is 4.79 Å². The van der Waals surface area contributed by atoms with Gasteiger partial charge in [-0.2, -0.15) is 0 Å². The van der Waals surface area contributed by atoms with Gasteiger partial charge in [0.05, 0.1) is 0 Å². The first kappa shape index (κ1) is 15.1. The number of rotatable bonds is 4. The SMILES string of the molecule is C=C\C=C/C(/C=C/C(C)=O)=C\C.CC. The summed E-state index contributed by atoms with van der Waals surface area (Å²) in [4.78, 5) is 10.6. The molecule has 0 bridgehead atoms. The molecule has 0 saturated carbocycles. The fourth-order valence-electron chi connectivity index (χ4n) is 0.641. The van der Waals surface area contributed by atoms with Gasteiger partial charge in [-0.05, 0) is 25.5 Å². The summed E-state index contributed by atoms with van der Waals surface area (Å²) in [6.07, 6.45) is 10.7. The van der Waals surface area contributed by atoms with Gasteiger partial charge in [0.15, 0.2) is 5.78 Å². The Balaban J connectivity index is 0. The topological polar surface area (TPSA) is 17.1 Å². The van der Waals surface area contributed by atoms with Crippen molar-refractivity contribution in [3.05, 3.63) is 48.6 Å². The van der Waals surface area contributed by atoms with E-state index in [4.69, 9.17) is 0 Å². The van der Waals surface area contributed by atoms with Gasteiger partial charge in [-0.1, -0.05) is 50.8 Å². The Hall–Kier alpha value is -1.37. The molecular weight excluding hydrogens is 172 g/mol. The zero-order valence-electron chi connectivity index (χ0n) is 9.58. The Bertz CT molecular complexity index is 242. The van der Waals surface area contributed by atoms with Gasteiger partial charge in [-0.3, -0.25) is 4.79 Å². The van der Waals surface area contributed by atoms with Crippen molar-refractivity contribution in [1.29, 1.82) is 0 Å². The van der Waals surface area contributed by atoms with Crippen LogP contribution >= 0.6 is 0 Å². The Kier molecular flexibility index (Phi) is 12.6. The average molecular weight is 192 g/mol. The standard InChI is InChI=1S/C11H14O.C2H6/c1-4-6-7-11(5-2)9-8-10(3)12;1-2/h4-9H,1H2,2-3H3;1-2H3/b7-6-,9-8+,11-5+;. The van der Waals surface area contributed by atoms with Crippen LogP contribution < -0.4 is 0 Å². The van der Waals surface area contributed by atoms with Crippen molar-refractivity contribution in [2.45, 2.75) is 27.7 Å². The number of allylic oxidation sites excluding steroid dienone is 7. The Morgan fingerprint density at radius 3 is 2.07 bits per heavy atom. The van der Waals surface area contributed by atoms with E-state index in [1.54, 1.807) is 18.2 Å². The molecule has 0 aromatic rings. The second-order valence-corrected chi connectivity index (χ2v) is 2.33. The van der Waals surface area contributed by atoms with E-state index in [1.807, 2.05) is 39.0 Å². The van der Waals surface area contributed by atoms with Crippen LogP contribution in [0.5, 0.6) is 0 Å². The summed E-state index contributed by atoms with van der Waals surface area (Å²) < 4.78 is 0. The normalized spacial score (nSPS) is 11.3. The van der Waals surface area contributed by atoms with Crippen LogP contribution in [0.3, 0.4) is 0 Å². The van der Waals surface area contributed by atoms with Gasteiger partial charge in [-0.25, -0.2) is 0 Å². The molecule has 0 unspecified atom stereocenters. The number of carbonyl (C=O) groups is 1. The molecular formula is C13H20O. The van der Waals surface area contributed by atoms with E-state index >= 15 is 0 Å². The van der Waals surface area contributed by atoms with E-state index in [1.165, 1.54) is 6.92 Å². The summed E-state index contributed by atoms with van der Waals surface area (Å²) in [5, 5.41) is 0. The highest BCUT2D eigenvalue weighted by molar-refractivity contribution is 5.87. The zero-order chi connectivity index (χ0) is 11.4. The summed E-state index contributed by atoms with van der Waals surface area (Å²) in [7, 11) is 0. The van der Waals surface area contributed by atoms with E-state index in [2.05, 4.69) is 6.58 Å². The smallest absolute Gasteiger partial charge is 0.152 e. The molecule has 0 spiro atoms. The highest BCUT2D eigenvalue weighted by Crippen LogP contribution is 1.99. The van der Waals surface area contributed by atoms with Crippen molar-refractivity contribution < 1.29 is 4.79 Å². The molecule has 0 aliphatic rings. The third kappa shape index (κ3) is 10.6. The monoisotopic (exact) mass is 192 g/mol. The number of hydrogen-bond acceptors (Lipinski definition) is 1. The van der Waals surface area contributed by atoms with Crippen molar-refractivity contribution in [3.63, 3.8) is 0 Å². The predicted octanol–water partition coefficient (Wildman–Crippen LogP) is 3.85. The average Bonchev–Trinajstić information content (AvgIpc) is 2.21. The van der Waals surface area contributed by atoms with Crippen molar-refractivity contribution in [2.24, 2.45) is 0 Å². The lowest BCUT2D eigenvalue weighted by atomic mass is 10.2. The van der Waals surface area contributed by atoms with Crippen LogP contribution in [-0.4, -0.2) is 5.78 Å². The van der Waals surface area contributed by atoms with E-state index in [-0.39, 0.29) is 5.78 Å². The van der Waals surface area contributed by atoms with Gasteiger partial charge < -0.3 is 0 Å². The number of ketones is 1. The highest BCUT2D eigenvalue weighted by Gasteiger charge is 1.84. The quantitative estimate of drug-likeness (QED) is 0.488. The minimum Gasteiger partial charge on any atom is -0.295 e. The summed E-state index contributed by atoms with van der Waals surface area (Å²) in [6.45, 7) is 11.0. The van der Waals surface area contributed by atoms with Gasteiger partial charge in [0.25, 0.3) is 0 Å². The molecule has 78 valence electrons. The van der Waals surface area contributed by atoms with Crippen LogP contribution in [0.2, 0.25) is 0 Å². The minimum atomic E-state index is 0.0568. The van der Waals surface area contributed by atoms with Crippen LogP contribution in [0.25, 0.3) is 0 Å². The Labute approximate surface area is 87.5 Å². The second kappa shape index (κ2) is 11.6. The third-order valence-corrected chi connectivity index (χ3v) is 1.27. The maximum absolute atomic E-state index is 10.6. The van der Waals surface area contributed by atoms with Crippen LogP contribution in [0.4, 0.5) is 0 Å². The van der Waals surface area contributed by atoms with Crippen molar-refractivity contribution in [3.8, 4) is 0 Å². The lowest BCUT2D eigenvalue weighted by molar-refractivity contribution is -0.112.